The van der Waals surface area contributed by atoms with E-state index in [1.165, 1.54) is 6.42 Å². The first-order valence-corrected chi connectivity index (χ1v) is 10.8. The van der Waals surface area contributed by atoms with Crippen LogP contribution < -0.4 is 10.6 Å². The molecule has 0 aliphatic heterocycles. The number of carbonyl (C=O) groups excluding carboxylic acids is 2. The van der Waals surface area contributed by atoms with Gasteiger partial charge in [0.05, 0.1) is 0 Å². The van der Waals surface area contributed by atoms with Crippen LogP contribution in [0, 0.1) is 25.7 Å². The van der Waals surface area contributed by atoms with Gasteiger partial charge in [-0.15, -0.1) is 0 Å². The first-order chi connectivity index (χ1) is 14.3. The maximum Gasteiger partial charge on any atom is 0.270 e. The zero-order valence-electron chi connectivity index (χ0n) is 17.6. The Balaban J connectivity index is 1.38. The molecule has 4 aliphatic carbocycles. The Morgan fingerprint density at radius 2 is 1.27 bits per heavy atom. The summed E-state index contributed by atoms with van der Waals surface area (Å²) in [5.74, 6) is 0.843. The molecule has 2 N–H and O–H groups in total. The number of aromatic nitrogens is 2. The van der Waals surface area contributed by atoms with E-state index in [4.69, 9.17) is 0 Å². The number of carbonyl (C=O) groups is 2. The standard InChI is InChI=1S/C24H28N4O2/c1-15-3-5-25-19(7-15)21(29)27-23-10-17-9-18(11-23)13-24(12-17,14-23)28-22(30)20-8-16(2)4-6-26-20/h3-8,17-18H,9-14H2,1-2H3,(H,27,29)(H,28,30). The lowest BCUT2D eigenvalue weighted by molar-refractivity contribution is -0.0449. The summed E-state index contributed by atoms with van der Waals surface area (Å²) in [4.78, 5) is 34.5. The van der Waals surface area contributed by atoms with Gasteiger partial charge in [-0.3, -0.25) is 19.6 Å². The quantitative estimate of drug-likeness (QED) is 0.819. The van der Waals surface area contributed by atoms with Gasteiger partial charge in [0, 0.05) is 23.5 Å². The van der Waals surface area contributed by atoms with Crippen molar-refractivity contribution in [3.8, 4) is 0 Å². The zero-order chi connectivity index (χ0) is 20.9. The Bertz CT molecular complexity index is 926. The number of nitrogens with one attached hydrogen (secondary N) is 2. The second-order valence-corrected chi connectivity index (χ2v) is 9.87. The first-order valence-electron chi connectivity index (χ1n) is 10.8. The third-order valence-electron chi connectivity index (χ3n) is 7.11. The Labute approximate surface area is 176 Å². The van der Waals surface area contributed by atoms with Crippen LogP contribution in [0.1, 0.15) is 70.6 Å². The molecule has 156 valence electrons. The van der Waals surface area contributed by atoms with E-state index >= 15 is 0 Å². The molecule has 4 fully saturated rings. The van der Waals surface area contributed by atoms with Crippen molar-refractivity contribution >= 4 is 11.8 Å². The van der Waals surface area contributed by atoms with E-state index in [0.29, 0.717) is 23.2 Å². The third-order valence-corrected chi connectivity index (χ3v) is 7.11. The molecule has 0 spiro atoms. The van der Waals surface area contributed by atoms with Crippen molar-refractivity contribution in [2.24, 2.45) is 11.8 Å². The predicted octanol–water partition coefficient (Wildman–Crippen LogP) is 3.34. The maximum atomic E-state index is 13.0. The summed E-state index contributed by atoms with van der Waals surface area (Å²) >= 11 is 0. The van der Waals surface area contributed by atoms with Crippen molar-refractivity contribution in [1.29, 1.82) is 0 Å². The highest BCUT2D eigenvalue weighted by Crippen LogP contribution is 2.57. The summed E-state index contributed by atoms with van der Waals surface area (Å²) in [6, 6.07) is 7.45. The van der Waals surface area contributed by atoms with Crippen LogP contribution in [0.4, 0.5) is 0 Å². The molecule has 0 aromatic carbocycles. The average Bonchev–Trinajstić information content (AvgIpc) is 2.66. The Kier molecular flexibility index (Phi) is 4.42. The normalized spacial score (nSPS) is 31.4. The summed E-state index contributed by atoms with van der Waals surface area (Å²) in [6.07, 6.45) is 9.29. The molecule has 0 saturated heterocycles. The third kappa shape index (κ3) is 3.48. The van der Waals surface area contributed by atoms with Crippen LogP contribution in [0.2, 0.25) is 0 Å². The van der Waals surface area contributed by atoms with Crippen molar-refractivity contribution in [2.75, 3.05) is 0 Å². The number of rotatable bonds is 4. The molecule has 2 aromatic rings. The lowest BCUT2D eigenvalue weighted by Crippen LogP contribution is -2.70. The van der Waals surface area contributed by atoms with E-state index in [0.717, 1.165) is 43.2 Å². The molecule has 6 heteroatoms. The Morgan fingerprint density at radius 1 is 0.833 bits per heavy atom. The van der Waals surface area contributed by atoms with Gasteiger partial charge in [0.1, 0.15) is 11.4 Å². The second-order valence-electron chi connectivity index (χ2n) is 9.87. The lowest BCUT2D eigenvalue weighted by atomic mass is 9.49. The van der Waals surface area contributed by atoms with E-state index in [1.54, 1.807) is 12.4 Å². The van der Waals surface area contributed by atoms with E-state index in [-0.39, 0.29) is 22.9 Å². The van der Waals surface area contributed by atoms with Crippen LogP contribution in [-0.2, 0) is 0 Å². The Hall–Kier alpha value is -2.76. The highest BCUT2D eigenvalue weighted by atomic mass is 16.2. The summed E-state index contributed by atoms with van der Waals surface area (Å²) in [5.41, 5.74) is 2.45. The van der Waals surface area contributed by atoms with Crippen molar-refractivity contribution in [1.82, 2.24) is 20.6 Å². The number of nitrogens with zero attached hydrogens (tertiary/aromatic N) is 2. The highest BCUT2D eigenvalue weighted by Gasteiger charge is 2.58. The van der Waals surface area contributed by atoms with Crippen molar-refractivity contribution in [3.63, 3.8) is 0 Å². The molecule has 4 aliphatic rings. The van der Waals surface area contributed by atoms with Gasteiger partial charge in [0.15, 0.2) is 0 Å². The fourth-order valence-corrected chi connectivity index (χ4v) is 6.49. The second kappa shape index (κ2) is 6.89. The average molecular weight is 405 g/mol. The van der Waals surface area contributed by atoms with Crippen LogP contribution in [0.15, 0.2) is 36.7 Å². The molecular weight excluding hydrogens is 376 g/mol. The first kappa shape index (κ1) is 19.2. The summed E-state index contributed by atoms with van der Waals surface area (Å²) < 4.78 is 0. The highest BCUT2D eigenvalue weighted by molar-refractivity contribution is 5.94. The van der Waals surface area contributed by atoms with Crippen LogP contribution in [0.3, 0.4) is 0 Å². The van der Waals surface area contributed by atoms with Crippen molar-refractivity contribution in [2.45, 2.75) is 63.5 Å². The van der Waals surface area contributed by atoms with Gasteiger partial charge in [-0.2, -0.15) is 0 Å². The minimum Gasteiger partial charge on any atom is -0.345 e. The molecule has 4 bridgehead atoms. The van der Waals surface area contributed by atoms with E-state index in [1.807, 2.05) is 38.1 Å². The number of amides is 2. The molecule has 6 nitrogen and oxygen atoms in total. The zero-order valence-corrected chi connectivity index (χ0v) is 17.6. The molecule has 2 aromatic heterocycles. The maximum absolute atomic E-state index is 13.0. The largest absolute Gasteiger partial charge is 0.345 e. The molecule has 0 unspecified atom stereocenters. The van der Waals surface area contributed by atoms with Crippen LogP contribution in [0.25, 0.3) is 0 Å². The smallest absolute Gasteiger partial charge is 0.270 e. The van der Waals surface area contributed by atoms with E-state index in [2.05, 4.69) is 20.6 Å². The van der Waals surface area contributed by atoms with Gasteiger partial charge in [-0.05, 0) is 99.6 Å². The topological polar surface area (TPSA) is 84.0 Å². The van der Waals surface area contributed by atoms with Gasteiger partial charge in [0.25, 0.3) is 11.8 Å². The fourth-order valence-electron chi connectivity index (χ4n) is 6.49. The molecule has 6 rings (SSSR count). The van der Waals surface area contributed by atoms with Crippen molar-refractivity contribution < 1.29 is 9.59 Å². The van der Waals surface area contributed by atoms with Crippen LogP contribution in [0.5, 0.6) is 0 Å². The number of hydrogen-bond donors (Lipinski definition) is 2. The van der Waals surface area contributed by atoms with E-state index < -0.39 is 0 Å². The molecule has 0 radical (unpaired) electrons. The van der Waals surface area contributed by atoms with Gasteiger partial charge in [0.2, 0.25) is 0 Å². The van der Waals surface area contributed by atoms with E-state index in [9.17, 15) is 9.59 Å². The van der Waals surface area contributed by atoms with Crippen LogP contribution in [-0.4, -0.2) is 32.9 Å². The monoisotopic (exact) mass is 404 g/mol. The van der Waals surface area contributed by atoms with Crippen LogP contribution >= 0.6 is 0 Å². The number of aryl methyl sites for hydroxylation is 2. The fraction of sp³-hybridized carbons (Fsp3) is 0.500. The number of pyridine rings is 2. The summed E-state index contributed by atoms with van der Waals surface area (Å²) in [5, 5.41) is 6.69. The molecule has 0 atom stereocenters. The Morgan fingerprint density at radius 3 is 1.67 bits per heavy atom. The molecule has 30 heavy (non-hydrogen) atoms. The van der Waals surface area contributed by atoms with Gasteiger partial charge >= 0.3 is 0 Å². The molecule has 4 saturated carbocycles. The number of hydrogen-bond acceptors (Lipinski definition) is 4. The van der Waals surface area contributed by atoms with Gasteiger partial charge in [-0.25, -0.2) is 0 Å². The summed E-state index contributed by atoms with van der Waals surface area (Å²) in [6.45, 7) is 3.93. The minimum atomic E-state index is -0.264. The molecule has 2 heterocycles. The van der Waals surface area contributed by atoms with Gasteiger partial charge < -0.3 is 10.6 Å². The van der Waals surface area contributed by atoms with Gasteiger partial charge in [-0.1, -0.05) is 0 Å². The SMILES string of the molecule is Cc1ccnc(C(=O)NC23CC4CC(C2)CC(NC(=O)c2cc(C)ccn2)(C4)C3)c1. The summed E-state index contributed by atoms with van der Waals surface area (Å²) in [7, 11) is 0. The minimum absolute atomic E-state index is 0.109. The predicted molar refractivity (Wildman–Crippen MR) is 113 cm³/mol. The molecule has 2 amide bonds. The lowest BCUT2D eigenvalue weighted by Gasteiger charge is -2.62. The van der Waals surface area contributed by atoms with Crippen molar-refractivity contribution in [3.05, 3.63) is 59.2 Å². The molecular formula is C24H28N4O2.